The van der Waals surface area contributed by atoms with Crippen LogP contribution in [0.1, 0.15) is 0 Å². The minimum Gasteiger partial charge on any atom is -1.00 e. The molecule has 0 spiro atoms. The summed E-state index contributed by atoms with van der Waals surface area (Å²) in [7, 11) is 0. The molecule has 0 radical (unpaired) electrons. The number of benzene rings is 1. The second kappa shape index (κ2) is 6.40. The standard InChI is InChI=1S/C6H3ClF.BrH.Mg/c7-5-2-1-3-6(8)4-5;;/h1,3-4H;1H;/q-1;;+2/p-1. The molecule has 0 amide bonds. The summed E-state index contributed by atoms with van der Waals surface area (Å²) in [6.45, 7) is 0. The summed E-state index contributed by atoms with van der Waals surface area (Å²) in [6, 6.07) is 6.55. The number of rotatable bonds is 0. The van der Waals surface area contributed by atoms with Crippen molar-refractivity contribution in [3.8, 4) is 0 Å². The molecule has 0 nitrogen and oxygen atoms in total. The van der Waals surface area contributed by atoms with Gasteiger partial charge in [-0.05, 0) is 0 Å². The molecule has 0 fully saturated rings. The van der Waals surface area contributed by atoms with E-state index in [1.807, 2.05) is 0 Å². The first-order chi connectivity index (χ1) is 3.79. The molecule has 0 aliphatic carbocycles. The van der Waals surface area contributed by atoms with Crippen LogP contribution >= 0.6 is 11.6 Å². The van der Waals surface area contributed by atoms with Crippen molar-refractivity contribution < 1.29 is 21.4 Å². The Kier molecular flexibility index (Phi) is 8.50. The van der Waals surface area contributed by atoms with Gasteiger partial charge in [-0.1, -0.05) is 5.02 Å². The van der Waals surface area contributed by atoms with Gasteiger partial charge in [-0.3, -0.25) is 0 Å². The van der Waals surface area contributed by atoms with Crippen LogP contribution in [0.4, 0.5) is 4.39 Å². The molecule has 0 bridgehead atoms. The Bertz CT molecular complexity index is 178. The quantitative estimate of drug-likeness (QED) is 0.395. The first-order valence-electron chi connectivity index (χ1n) is 2.12. The summed E-state index contributed by atoms with van der Waals surface area (Å²) in [6.07, 6.45) is 0. The van der Waals surface area contributed by atoms with Crippen molar-refractivity contribution >= 4 is 34.7 Å². The predicted octanol–water partition coefficient (Wildman–Crippen LogP) is -1.10. The van der Waals surface area contributed by atoms with Gasteiger partial charge in [0.2, 0.25) is 0 Å². The van der Waals surface area contributed by atoms with Gasteiger partial charge < -0.3 is 17.0 Å². The normalized spacial score (nSPS) is 7.40. The van der Waals surface area contributed by atoms with Crippen molar-refractivity contribution in [3.05, 3.63) is 35.1 Å². The van der Waals surface area contributed by atoms with E-state index in [-0.39, 0.29) is 45.9 Å². The van der Waals surface area contributed by atoms with E-state index >= 15 is 0 Å². The summed E-state index contributed by atoms with van der Waals surface area (Å²) in [5, 5.41) is 0.310. The van der Waals surface area contributed by atoms with Crippen molar-refractivity contribution in [3.63, 3.8) is 0 Å². The molecule has 1 aromatic rings. The van der Waals surface area contributed by atoms with Crippen molar-refractivity contribution in [2.75, 3.05) is 0 Å². The molecule has 0 aliphatic heterocycles. The minimum absolute atomic E-state index is 0. The number of hydrogen-bond donors (Lipinski definition) is 0. The van der Waals surface area contributed by atoms with Crippen LogP contribution in [0.15, 0.2) is 18.2 Å². The van der Waals surface area contributed by atoms with E-state index in [2.05, 4.69) is 6.07 Å². The van der Waals surface area contributed by atoms with E-state index in [1.54, 1.807) is 0 Å². The van der Waals surface area contributed by atoms with E-state index in [9.17, 15) is 4.39 Å². The molecule has 50 valence electrons. The van der Waals surface area contributed by atoms with Gasteiger partial charge in [-0.25, -0.2) is 4.39 Å². The molecule has 0 unspecified atom stereocenters. The third-order valence-electron chi connectivity index (χ3n) is 0.728. The summed E-state index contributed by atoms with van der Waals surface area (Å²) in [5.74, 6) is -0.325. The third-order valence-corrected chi connectivity index (χ3v) is 0.947. The Hall–Kier alpha value is 0.686. The molecular formula is C6H3BrClFMg. The van der Waals surface area contributed by atoms with Gasteiger partial charge >= 0.3 is 23.1 Å². The SMILES string of the molecule is Fc1cc[c-]c(Cl)c1.[Br-].[Mg+2]. The molecule has 0 N–H and O–H groups in total. The fourth-order valence-corrected chi connectivity index (χ4v) is 0.579. The molecule has 0 aromatic heterocycles. The Labute approximate surface area is 90.7 Å². The van der Waals surface area contributed by atoms with E-state index < -0.39 is 0 Å². The topological polar surface area (TPSA) is 0 Å². The summed E-state index contributed by atoms with van der Waals surface area (Å²) >= 11 is 5.35. The number of halogens is 3. The third kappa shape index (κ3) is 4.49. The van der Waals surface area contributed by atoms with Crippen molar-refractivity contribution in [2.45, 2.75) is 0 Å². The summed E-state index contributed by atoms with van der Waals surface area (Å²) in [5.41, 5.74) is 0. The molecule has 1 rings (SSSR count). The molecule has 0 saturated heterocycles. The molecule has 0 atom stereocenters. The van der Waals surface area contributed by atoms with E-state index in [4.69, 9.17) is 11.6 Å². The van der Waals surface area contributed by atoms with Crippen molar-refractivity contribution in [2.24, 2.45) is 0 Å². The molecule has 0 aliphatic rings. The van der Waals surface area contributed by atoms with Gasteiger partial charge in [-0.15, -0.1) is 23.7 Å². The van der Waals surface area contributed by atoms with Gasteiger partial charge in [0, 0.05) is 5.82 Å². The van der Waals surface area contributed by atoms with Crippen LogP contribution < -0.4 is 17.0 Å². The Morgan fingerprint density at radius 1 is 1.50 bits per heavy atom. The largest absolute Gasteiger partial charge is 2.00 e. The molecular weight excluding hydrogens is 231 g/mol. The molecule has 4 heteroatoms. The van der Waals surface area contributed by atoms with Crippen molar-refractivity contribution in [1.82, 2.24) is 0 Å². The first-order valence-corrected chi connectivity index (χ1v) is 2.49. The van der Waals surface area contributed by atoms with Crippen molar-refractivity contribution in [1.29, 1.82) is 0 Å². The van der Waals surface area contributed by atoms with Gasteiger partial charge in [0.1, 0.15) is 0 Å². The first kappa shape index (κ1) is 13.3. The Balaban J connectivity index is 0. The molecule has 0 heterocycles. The maximum absolute atomic E-state index is 12.1. The zero-order valence-electron chi connectivity index (χ0n) is 5.07. The van der Waals surface area contributed by atoms with E-state index in [0.29, 0.717) is 5.02 Å². The second-order valence-corrected chi connectivity index (χ2v) is 1.76. The zero-order valence-corrected chi connectivity index (χ0v) is 8.83. The zero-order chi connectivity index (χ0) is 5.98. The smallest absolute Gasteiger partial charge is 1.00 e. The average Bonchev–Trinajstić information content (AvgIpc) is 1.64. The van der Waals surface area contributed by atoms with Crippen LogP contribution in [0.3, 0.4) is 0 Å². The summed E-state index contributed by atoms with van der Waals surface area (Å²) < 4.78 is 12.1. The summed E-state index contributed by atoms with van der Waals surface area (Å²) in [4.78, 5) is 0. The van der Waals surface area contributed by atoms with Gasteiger partial charge in [0.15, 0.2) is 0 Å². The van der Waals surface area contributed by atoms with Crippen LogP contribution in [-0.4, -0.2) is 23.1 Å². The van der Waals surface area contributed by atoms with Crippen LogP contribution in [0, 0.1) is 11.9 Å². The van der Waals surface area contributed by atoms with Crippen LogP contribution in [0.5, 0.6) is 0 Å². The Morgan fingerprint density at radius 2 is 2.10 bits per heavy atom. The second-order valence-electron chi connectivity index (χ2n) is 1.35. The average molecular weight is 234 g/mol. The van der Waals surface area contributed by atoms with Gasteiger partial charge in [0.05, 0.1) is 0 Å². The van der Waals surface area contributed by atoms with E-state index in [1.165, 1.54) is 18.2 Å². The maximum Gasteiger partial charge on any atom is 2.00 e. The molecule has 10 heavy (non-hydrogen) atoms. The van der Waals surface area contributed by atoms with Gasteiger partial charge in [0.25, 0.3) is 0 Å². The maximum atomic E-state index is 12.1. The Morgan fingerprint density at radius 3 is 2.40 bits per heavy atom. The number of hydrogen-bond acceptors (Lipinski definition) is 0. The van der Waals surface area contributed by atoms with Crippen LogP contribution in [0.2, 0.25) is 5.02 Å². The fourth-order valence-electron chi connectivity index (χ4n) is 0.412. The van der Waals surface area contributed by atoms with E-state index in [0.717, 1.165) is 0 Å². The fraction of sp³-hybridized carbons (Fsp3) is 0. The molecule has 0 saturated carbocycles. The van der Waals surface area contributed by atoms with Gasteiger partial charge in [-0.2, -0.15) is 12.1 Å². The monoisotopic (exact) mass is 232 g/mol. The minimum atomic E-state index is -0.325. The molecule has 1 aromatic carbocycles. The predicted molar refractivity (Wildman–Crippen MR) is 36.0 cm³/mol. The van der Waals surface area contributed by atoms with Crippen LogP contribution in [-0.2, 0) is 0 Å². The van der Waals surface area contributed by atoms with Crippen LogP contribution in [0.25, 0.3) is 0 Å².